The Morgan fingerprint density at radius 3 is 2.65 bits per heavy atom. The largest absolute Gasteiger partial charge is 0.478 e. The Bertz CT molecular complexity index is 571. The van der Waals surface area contributed by atoms with Crippen molar-refractivity contribution >= 4 is 17.3 Å². The normalized spacial score (nSPS) is 10.8. The highest BCUT2D eigenvalue weighted by Crippen LogP contribution is 2.23. The molecule has 0 unspecified atom stereocenters. The van der Waals surface area contributed by atoms with E-state index in [0.717, 1.165) is 22.3 Å². The van der Waals surface area contributed by atoms with Crippen molar-refractivity contribution in [3.63, 3.8) is 0 Å². The first-order chi connectivity index (χ1) is 8.04. The SMILES string of the molecule is CCc1nnc(-n2c(C)cc(C(=O)O)c2C)s1. The molecule has 0 aliphatic rings. The number of carboxylic acid groups (broad SMARTS) is 1. The maximum absolute atomic E-state index is 11.0. The predicted molar refractivity (Wildman–Crippen MR) is 65.0 cm³/mol. The second-order valence-electron chi connectivity index (χ2n) is 3.76. The van der Waals surface area contributed by atoms with Gasteiger partial charge in [-0.2, -0.15) is 0 Å². The van der Waals surface area contributed by atoms with Crippen LogP contribution in [0.4, 0.5) is 0 Å². The minimum atomic E-state index is -0.912. The van der Waals surface area contributed by atoms with E-state index in [4.69, 9.17) is 5.11 Å². The van der Waals surface area contributed by atoms with Gasteiger partial charge in [0, 0.05) is 11.4 Å². The molecule has 0 saturated heterocycles. The zero-order valence-corrected chi connectivity index (χ0v) is 10.7. The first-order valence-corrected chi connectivity index (χ1v) is 6.11. The molecule has 6 heteroatoms. The van der Waals surface area contributed by atoms with Crippen LogP contribution in [0.1, 0.15) is 33.7 Å². The molecule has 2 rings (SSSR count). The molecule has 0 aromatic carbocycles. The summed E-state index contributed by atoms with van der Waals surface area (Å²) >= 11 is 1.49. The van der Waals surface area contributed by atoms with Crippen LogP contribution < -0.4 is 0 Å². The Morgan fingerprint density at radius 2 is 2.18 bits per heavy atom. The number of hydrogen-bond donors (Lipinski definition) is 1. The van der Waals surface area contributed by atoms with Crippen LogP contribution in [0.2, 0.25) is 0 Å². The minimum absolute atomic E-state index is 0.316. The van der Waals surface area contributed by atoms with E-state index in [2.05, 4.69) is 10.2 Å². The summed E-state index contributed by atoms with van der Waals surface area (Å²) in [6.07, 6.45) is 0.836. The molecule has 0 spiro atoms. The van der Waals surface area contributed by atoms with Gasteiger partial charge in [-0.1, -0.05) is 18.3 Å². The molecule has 0 saturated carbocycles. The molecule has 1 N–H and O–H groups in total. The fourth-order valence-electron chi connectivity index (χ4n) is 1.75. The molecule has 0 aliphatic carbocycles. The Labute approximate surface area is 103 Å². The number of aromatic carboxylic acids is 1. The maximum atomic E-state index is 11.0. The van der Waals surface area contributed by atoms with Crippen molar-refractivity contribution < 1.29 is 9.90 Å². The summed E-state index contributed by atoms with van der Waals surface area (Å²) in [5.41, 5.74) is 1.86. The smallest absolute Gasteiger partial charge is 0.337 e. The molecule has 2 aromatic heterocycles. The van der Waals surface area contributed by atoms with E-state index >= 15 is 0 Å². The van der Waals surface area contributed by atoms with Gasteiger partial charge in [-0.15, -0.1) is 10.2 Å². The molecule has 0 radical (unpaired) electrons. The molecule has 0 aliphatic heterocycles. The van der Waals surface area contributed by atoms with Crippen molar-refractivity contribution in [2.45, 2.75) is 27.2 Å². The van der Waals surface area contributed by atoms with Gasteiger partial charge in [0.05, 0.1) is 5.56 Å². The Balaban J connectivity index is 2.55. The van der Waals surface area contributed by atoms with E-state index in [1.165, 1.54) is 11.3 Å². The highest BCUT2D eigenvalue weighted by molar-refractivity contribution is 7.13. The summed E-state index contributed by atoms with van der Waals surface area (Å²) in [5, 5.41) is 18.9. The van der Waals surface area contributed by atoms with Gasteiger partial charge in [0.15, 0.2) is 0 Å². The van der Waals surface area contributed by atoms with Gasteiger partial charge in [-0.05, 0) is 26.3 Å². The van der Waals surface area contributed by atoms with E-state index in [1.54, 1.807) is 13.0 Å². The molecule has 2 heterocycles. The molecule has 5 nitrogen and oxygen atoms in total. The summed E-state index contributed by atoms with van der Waals surface area (Å²) in [6, 6.07) is 1.66. The van der Waals surface area contributed by atoms with Crippen LogP contribution in [0.15, 0.2) is 6.07 Å². The summed E-state index contributed by atoms with van der Waals surface area (Å²) in [7, 11) is 0. The van der Waals surface area contributed by atoms with Crippen LogP contribution in [0.3, 0.4) is 0 Å². The second kappa shape index (κ2) is 4.29. The van der Waals surface area contributed by atoms with Crippen molar-refractivity contribution in [3.8, 4) is 5.13 Å². The second-order valence-corrected chi connectivity index (χ2v) is 4.80. The van der Waals surface area contributed by atoms with E-state index < -0.39 is 5.97 Å². The number of aromatic nitrogens is 3. The van der Waals surface area contributed by atoms with E-state index in [-0.39, 0.29) is 0 Å². The van der Waals surface area contributed by atoms with E-state index in [9.17, 15) is 4.79 Å². The molecule has 0 atom stereocenters. The first-order valence-electron chi connectivity index (χ1n) is 5.29. The van der Waals surface area contributed by atoms with Crippen molar-refractivity contribution in [2.24, 2.45) is 0 Å². The molecule has 17 heavy (non-hydrogen) atoms. The lowest BCUT2D eigenvalue weighted by Gasteiger charge is -2.03. The molecule has 0 fully saturated rings. The van der Waals surface area contributed by atoms with Gasteiger partial charge >= 0.3 is 5.97 Å². The third-order valence-electron chi connectivity index (χ3n) is 2.61. The van der Waals surface area contributed by atoms with E-state index in [1.807, 2.05) is 18.4 Å². The van der Waals surface area contributed by atoms with Crippen LogP contribution in [-0.2, 0) is 6.42 Å². The van der Waals surface area contributed by atoms with E-state index in [0.29, 0.717) is 11.3 Å². The standard InChI is InChI=1S/C11H13N3O2S/c1-4-9-12-13-11(17-9)14-6(2)5-8(7(14)3)10(15)16/h5H,4H2,1-3H3,(H,15,16). The average molecular weight is 251 g/mol. The molecule has 0 amide bonds. The fraction of sp³-hybridized carbons (Fsp3) is 0.364. The number of aryl methyl sites for hydroxylation is 2. The molecular weight excluding hydrogens is 238 g/mol. The lowest BCUT2D eigenvalue weighted by atomic mass is 10.2. The van der Waals surface area contributed by atoms with Crippen molar-refractivity contribution in [2.75, 3.05) is 0 Å². The lowest BCUT2D eigenvalue weighted by molar-refractivity contribution is 0.0696. The third-order valence-corrected chi connectivity index (χ3v) is 3.66. The van der Waals surface area contributed by atoms with Gasteiger partial charge in [0.1, 0.15) is 5.01 Å². The van der Waals surface area contributed by atoms with Crippen LogP contribution in [0, 0.1) is 13.8 Å². The van der Waals surface area contributed by atoms with Gasteiger partial charge < -0.3 is 5.11 Å². The zero-order valence-electron chi connectivity index (χ0n) is 9.89. The highest BCUT2D eigenvalue weighted by atomic mass is 32.1. The van der Waals surface area contributed by atoms with Crippen LogP contribution >= 0.6 is 11.3 Å². The number of hydrogen-bond acceptors (Lipinski definition) is 4. The maximum Gasteiger partial charge on any atom is 0.337 e. The molecular formula is C11H13N3O2S. The van der Waals surface area contributed by atoms with Gasteiger partial charge in [-0.25, -0.2) is 4.79 Å². The number of carboxylic acids is 1. The zero-order chi connectivity index (χ0) is 12.6. The number of nitrogens with zero attached hydrogens (tertiary/aromatic N) is 3. The molecule has 0 bridgehead atoms. The first kappa shape index (κ1) is 11.8. The van der Waals surface area contributed by atoms with Gasteiger partial charge in [-0.3, -0.25) is 4.57 Å². The Morgan fingerprint density at radius 1 is 1.47 bits per heavy atom. The number of rotatable bonds is 3. The third kappa shape index (κ3) is 1.95. The highest BCUT2D eigenvalue weighted by Gasteiger charge is 2.17. The van der Waals surface area contributed by atoms with Crippen molar-refractivity contribution in [1.29, 1.82) is 0 Å². The average Bonchev–Trinajstić information content (AvgIpc) is 2.83. The monoisotopic (exact) mass is 251 g/mol. The van der Waals surface area contributed by atoms with Crippen molar-refractivity contribution in [1.82, 2.24) is 14.8 Å². The summed E-state index contributed by atoms with van der Waals surface area (Å²) in [4.78, 5) is 11.0. The van der Waals surface area contributed by atoms with Crippen LogP contribution in [0.25, 0.3) is 5.13 Å². The summed E-state index contributed by atoms with van der Waals surface area (Å²) in [6.45, 7) is 5.66. The van der Waals surface area contributed by atoms with Crippen LogP contribution in [0.5, 0.6) is 0 Å². The Hall–Kier alpha value is -1.69. The summed E-state index contributed by atoms with van der Waals surface area (Å²) in [5.74, 6) is -0.912. The van der Waals surface area contributed by atoms with Gasteiger partial charge in [0.25, 0.3) is 0 Å². The quantitative estimate of drug-likeness (QED) is 0.908. The summed E-state index contributed by atoms with van der Waals surface area (Å²) < 4.78 is 1.83. The predicted octanol–water partition coefficient (Wildman–Crippen LogP) is 2.21. The van der Waals surface area contributed by atoms with Gasteiger partial charge in [0.2, 0.25) is 5.13 Å². The van der Waals surface area contributed by atoms with Crippen molar-refractivity contribution in [3.05, 3.63) is 28.0 Å². The topological polar surface area (TPSA) is 68.0 Å². The fourth-order valence-corrected chi connectivity index (χ4v) is 2.64. The minimum Gasteiger partial charge on any atom is -0.478 e. The lowest BCUT2D eigenvalue weighted by Crippen LogP contribution is -2.02. The van der Waals surface area contributed by atoms with Crippen LogP contribution in [-0.4, -0.2) is 25.8 Å². The molecule has 90 valence electrons. The Kier molecular flexibility index (Phi) is 2.97. The number of carbonyl (C=O) groups is 1. The molecule has 2 aromatic rings.